The average molecular weight is 260 g/mol. The van der Waals surface area contributed by atoms with Crippen LogP contribution in [0.2, 0.25) is 0 Å². The Morgan fingerprint density at radius 3 is 2.17 bits per heavy atom. The zero-order valence-electron chi connectivity index (χ0n) is 11.6. The Morgan fingerprint density at radius 2 is 1.78 bits per heavy atom. The molecule has 0 aliphatic heterocycles. The van der Waals surface area contributed by atoms with Crippen LogP contribution in [0.5, 0.6) is 0 Å². The molecule has 0 aliphatic carbocycles. The van der Waals surface area contributed by atoms with E-state index in [0.29, 0.717) is 19.4 Å². The molecule has 6 heteroatoms. The number of ether oxygens (including phenoxy) is 2. The van der Waals surface area contributed by atoms with Crippen molar-refractivity contribution in [3.05, 3.63) is 0 Å². The average Bonchev–Trinajstić information content (AvgIpc) is 2.25. The summed E-state index contributed by atoms with van der Waals surface area (Å²) in [6.07, 6.45) is 0.996. The quantitative estimate of drug-likeness (QED) is 0.660. The van der Waals surface area contributed by atoms with Crippen LogP contribution in [0.25, 0.3) is 0 Å². The molecule has 0 saturated heterocycles. The predicted octanol–water partition coefficient (Wildman–Crippen LogP) is 0.184. The summed E-state index contributed by atoms with van der Waals surface area (Å²) in [6.45, 7) is 5.70. The topological polar surface area (TPSA) is 105 Å². The first-order valence-corrected chi connectivity index (χ1v) is 5.99. The van der Waals surface area contributed by atoms with E-state index < -0.39 is 29.5 Å². The fourth-order valence-electron chi connectivity index (χ4n) is 1.46. The molecule has 0 aliphatic rings. The van der Waals surface area contributed by atoms with Crippen LogP contribution >= 0.6 is 0 Å². The molecule has 0 aromatic carbocycles. The summed E-state index contributed by atoms with van der Waals surface area (Å²) in [6, 6.07) is -1.02. The lowest BCUT2D eigenvalue weighted by Gasteiger charge is -2.26. The van der Waals surface area contributed by atoms with Crippen molar-refractivity contribution in [3.8, 4) is 0 Å². The van der Waals surface area contributed by atoms with Crippen LogP contribution in [0.3, 0.4) is 0 Å². The lowest BCUT2D eigenvalue weighted by atomic mass is 9.94. The molecule has 1 unspecified atom stereocenters. The van der Waals surface area contributed by atoms with Gasteiger partial charge in [0.1, 0.15) is 11.6 Å². The Labute approximate surface area is 108 Å². The van der Waals surface area contributed by atoms with Crippen LogP contribution in [-0.2, 0) is 19.1 Å². The molecule has 6 nitrogen and oxygen atoms in total. The smallest absolute Gasteiger partial charge is 0.323 e. The number of carbonyl (C=O) groups excluding carboxylic acids is 2. The van der Waals surface area contributed by atoms with Crippen LogP contribution in [0.4, 0.5) is 0 Å². The van der Waals surface area contributed by atoms with Crippen molar-refractivity contribution in [2.45, 2.75) is 45.3 Å². The highest BCUT2D eigenvalue weighted by atomic mass is 16.6. The van der Waals surface area contributed by atoms with Crippen LogP contribution < -0.4 is 11.5 Å². The van der Waals surface area contributed by atoms with Gasteiger partial charge < -0.3 is 20.9 Å². The standard InChI is InChI=1S/C12H24N2O4/c1-12(2,3)18-10(15)8(6-5-7-13)9(14)11(16)17-4/h8-9H,5-7,13-14H2,1-4H3/t8?,9-/m0/s1. The molecule has 0 rings (SSSR count). The van der Waals surface area contributed by atoms with Crippen LogP contribution in [-0.4, -0.2) is 37.2 Å². The number of esters is 2. The van der Waals surface area contributed by atoms with Gasteiger partial charge in [-0.25, -0.2) is 0 Å². The molecule has 0 radical (unpaired) electrons. The third-order valence-corrected chi connectivity index (χ3v) is 2.34. The van der Waals surface area contributed by atoms with Gasteiger partial charge in [0.2, 0.25) is 0 Å². The Bertz CT molecular complexity index is 286. The molecule has 0 fully saturated rings. The highest BCUT2D eigenvalue weighted by Gasteiger charge is 2.34. The van der Waals surface area contributed by atoms with Crippen molar-refractivity contribution in [2.24, 2.45) is 17.4 Å². The van der Waals surface area contributed by atoms with Gasteiger partial charge in [-0.15, -0.1) is 0 Å². The molecular formula is C12H24N2O4. The van der Waals surface area contributed by atoms with Gasteiger partial charge in [0.25, 0.3) is 0 Å². The van der Waals surface area contributed by atoms with E-state index in [1.54, 1.807) is 20.8 Å². The molecule has 2 atom stereocenters. The highest BCUT2D eigenvalue weighted by molar-refractivity contribution is 5.84. The zero-order valence-corrected chi connectivity index (χ0v) is 11.6. The van der Waals surface area contributed by atoms with Gasteiger partial charge in [-0.1, -0.05) is 0 Å². The summed E-state index contributed by atoms with van der Waals surface area (Å²) < 4.78 is 9.80. The number of methoxy groups -OCH3 is 1. The summed E-state index contributed by atoms with van der Waals surface area (Å²) in [5, 5.41) is 0. The third kappa shape index (κ3) is 5.97. The summed E-state index contributed by atoms with van der Waals surface area (Å²) in [5.74, 6) is -1.84. The molecule has 0 bridgehead atoms. The second kappa shape index (κ2) is 7.33. The third-order valence-electron chi connectivity index (χ3n) is 2.34. The van der Waals surface area contributed by atoms with Crippen molar-refractivity contribution < 1.29 is 19.1 Å². The molecule has 18 heavy (non-hydrogen) atoms. The normalized spacial score (nSPS) is 14.8. The molecule has 0 heterocycles. The number of rotatable bonds is 6. The maximum Gasteiger partial charge on any atom is 0.323 e. The Balaban J connectivity index is 4.76. The largest absolute Gasteiger partial charge is 0.468 e. The summed E-state index contributed by atoms with van der Waals surface area (Å²) in [7, 11) is 1.23. The second-order valence-corrected chi connectivity index (χ2v) is 5.12. The lowest BCUT2D eigenvalue weighted by molar-refractivity contribution is -0.164. The van der Waals surface area contributed by atoms with E-state index in [9.17, 15) is 9.59 Å². The van der Waals surface area contributed by atoms with E-state index in [0.717, 1.165) is 0 Å². The van der Waals surface area contributed by atoms with E-state index in [1.807, 2.05) is 0 Å². The summed E-state index contributed by atoms with van der Waals surface area (Å²) >= 11 is 0. The van der Waals surface area contributed by atoms with E-state index in [2.05, 4.69) is 4.74 Å². The van der Waals surface area contributed by atoms with E-state index in [4.69, 9.17) is 16.2 Å². The van der Waals surface area contributed by atoms with Gasteiger partial charge in [0.15, 0.2) is 0 Å². The molecule has 0 spiro atoms. The molecular weight excluding hydrogens is 236 g/mol. The van der Waals surface area contributed by atoms with E-state index >= 15 is 0 Å². The molecule has 106 valence electrons. The molecule has 0 amide bonds. The van der Waals surface area contributed by atoms with Crippen molar-refractivity contribution in [1.82, 2.24) is 0 Å². The predicted molar refractivity (Wildman–Crippen MR) is 67.6 cm³/mol. The van der Waals surface area contributed by atoms with Gasteiger partial charge >= 0.3 is 11.9 Å². The van der Waals surface area contributed by atoms with E-state index in [1.165, 1.54) is 7.11 Å². The maximum atomic E-state index is 12.0. The molecule has 0 aromatic rings. The van der Waals surface area contributed by atoms with Gasteiger partial charge in [0, 0.05) is 0 Å². The molecule has 0 aromatic heterocycles. The van der Waals surface area contributed by atoms with Gasteiger partial charge in [0.05, 0.1) is 13.0 Å². The molecule has 0 saturated carbocycles. The monoisotopic (exact) mass is 260 g/mol. The minimum Gasteiger partial charge on any atom is -0.468 e. The maximum absolute atomic E-state index is 12.0. The van der Waals surface area contributed by atoms with Crippen LogP contribution in [0.1, 0.15) is 33.6 Å². The molecule has 4 N–H and O–H groups in total. The number of hydrogen-bond donors (Lipinski definition) is 2. The van der Waals surface area contributed by atoms with Gasteiger partial charge in [-0.05, 0) is 40.2 Å². The minimum absolute atomic E-state index is 0.404. The Kier molecular flexibility index (Phi) is 6.86. The first-order valence-electron chi connectivity index (χ1n) is 5.99. The van der Waals surface area contributed by atoms with Gasteiger partial charge in [-0.3, -0.25) is 9.59 Å². The van der Waals surface area contributed by atoms with Crippen molar-refractivity contribution in [2.75, 3.05) is 13.7 Å². The number of hydrogen-bond acceptors (Lipinski definition) is 6. The zero-order chi connectivity index (χ0) is 14.3. The van der Waals surface area contributed by atoms with Crippen molar-refractivity contribution in [1.29, 1.82) is 0 Å². The van der Waals surface area contributed by atoms with E-state index in [-0.39, 0.29) is 0 Å². The van der Waals surface area contributed by atoms with Crippen LogP contribution in [0.15, 0.2) is 0 Å². The first kappa shape index (κ1) is 16.9. The summed E-state index contributed by atoms with van der Waals surface area (Å²) in [4.78, 5) is 23.4. The Morgan fingerprint density at radius 1 is 1.22 bits per heavy atom. The minimum atomic E-state index is -1.02. The van der Waals surface area contributed by atoms with Crippen molar-refractivity contribution >= 4 is 11.9 Å². The second-order valence-electron chi connectivity index (χ2n) is 5.12. The SMILES string of the molecule is COC(=O)[C@@H](N)C(CCCN)C(=O)OC(C)(C)C. The lowest BCUT2D eigenvalue weighted by Crippen LogP contribution is -2.45. The van der Waals surface area contributed by atoms with Gasteiger partial charge in [-0.2, -0.15) is 0 Å². The fourth-order valence-corrected chi connectivity index (χ4v) is 1.46. The highest BCUT2D eigenvalue weighted by Crippen LogP contribution is 2.18. The van der Waals surface area contributed by atoms with Crippen molar-refractivity contribution in [3.63, 3.8) is 0 Å². The van der Waals surface area contributed by atoms with Crippen LogP contribution in [0, 0.1) is 5.92 Å². The number of carbonyl (C=O) groups is 2. The number of nitrogens with two attached hydrogens (primary N) is 2. The Hall–Kier alpha value is -1.14. The fraction of sp³-hybridized carbons (Fsp3) is 0.833. The first-order chi connectivity index (χ1) is 8.22. The summed E-state index contributed by atoms with van der Waals surface area (Å²) in [5.41, 5.74) is 10.5.